The Morgan fingerprint density at radius 3 is 2.50 bits per heavy atom. The van der Waals surface area contributed by atoms with Crippen LogP contribution in [0.2, 0.25) is 0 Å². The minimum absolute atomic E-state index is 0.0311. The van der Waals surface area contributed by atoms with E-state index in [0.29, 0.717) is 5.56 Å². The standard InChI is InChI=1S/C12H13F3O2S/c1-7-4-8(6-18-7)9(5-10(16)17)11(2-3-11)12(13,14)15/h4,6,9H,2-3,5H2,1H3,(H,16,17)/t9-/m1/s1. The molecule has 0 aliphatic heterocycles. The molecule has 1 fully saturated rings. The van der Waals surface area contributed by atoms with Crippen LogP contribution in [0, 0.1) is 12.3 Å². The van der Waals surface area contributed by atoms with Crippen LogP contribution in [0.5, 0.6) is 0 Å². The van der Waals surface area contributed by atoms with Crippen LogP contribution in [0.4, 0.5) is 13.2 Å². The summed E-state index contributed by atoms with van der Waals surface area (Å²) in [6.07, 6.45) is -4.73. The van der Waals surface area contributed by atoms with Gasteiger partial charge in [0.1, 0.15) is 0 Å². The Morgan fingerprint density at radius 1 is 1.56 bits per heavy atom. The third-order valence-corrected chi connectivity index (χ3v) is 4.43. The molecule has 18 heavy (non-hydrogen) atoms. The van der Waals surface area contributed by atoms with Crippen molar-refractivity contribution >= 4 is 17.3 Å². The van der Waals surface area contributed by atoms with Gasteiger partial charge in [-0.25, -0.2) is 0 Å². The molecule has 100 valence electrons. The zero-order valence-corrected chi connectivity index (χ0v) is 10.6. The highest BCUT2D eigenvalue weighted by atomic mass is 32.1. The van der Waals surface area contributed by atoms with E-state index in [9.17, 15) is 18.0 Å². The maximum Gasteiger partial charge on any atom is 0.395 e. The van der Waals surface area contributed by atoms with Gasteiger partial charge in [0.25, 0.3) is 0 Å². The number of carboxylic acids is 1. The Morgan fingerprint density at radius 2 is 2.17 bits per heavy atom. The van der Waals surface area contributed by atoms with Gasteiger partial charge >= 0.3 is 12.1 Å². The van der Waals surface area contributed by atoms with E-state index in [2.05, 4.69) is 0 Å². The summed E-state index contributed by atoms with van der Waals surface area (Å²) >= 11 is 1.35. The van der Waals surface area contributed by atoms with Crippen LogP contribution in [-0.2, 0) is 4.79 Å². The van der Waals surface area contributed by atoms with E-state index >= 15 is 0 Å². The maximum absolute atomic E-state index is 13.1. The Hall–Kier alpha value is -1.04. The summed E-state index contributed by atoms with van der Waals surface area (Å²) in [6, 6.07) is 1.67. The van der Waals surface area contributed by atoms with Crippen molar-refractivity contribution in [3.63, 3.8) is 0 Å². The first kappa shape index (κ1) is 13.4. The summed E-state index contributed by atoms with van der Waals surface area (Å²) in [5, 5.41) is 10.5. The second-order valence-electron chi connectivity index (χ2n) is 4.80. The second kappa shape index (κ2) is 4.26. The minimum Gasteiger partial charge on any atom is -0.481 e. The molecule has 0 radical (unpaired) electrons. The average Bonchev–Trinajstić information content (AvgIpc) is 2.93. The average molecular weight is 278 g/mol. The number of rotatable bonds is 4. The van der Waals surface area contributed by atoms with Gasteiger partial charge < -0.3 is 5.11 Å². The summed E-state index contributed by atoms with van der Waals surface area (Å²) in [5.41, 5.74) is -1.31. The van der Waals surface area contributed by atoms with Crippen molar-refractivity contribution in [1.29, 1.82) is 0 Å². The Labute approximate surface area is 106 Å². The number of halogens is 3. The van der Waals surface area contributed by atoms with Gasteiger partial charge in [-0.2, -0.15) is 13.2 Å². The highest BCUT2D eigenvalue weighted by Crippen LogP contribution is 2.66. The fraction of sp³-hybridized carbons (Fsp3) is 0.583. The van der Waals surface area contributed by atoms with E-state index in [1.54, 1.807) is 18.4 Å². The molecule has 1 aliphatic carbocycles. The predicted octanol–water partition coefficient (Wildman–Crippen LogP) is 3.96. The molecule has 1 N–H and O–H groups in total. The first-order chi connectivity index (χ1) is 8.26. The molecule has 0 unspecified atom stereocenters. The van der Waals surface area contributed by atoms with Crippen LogP contribution in [0.25, 0.3) is 0 Å². The molecule has 1 aliphatic rings. The number of alkyl halides is 3. The minimum atomic E-state index is -4.33. The fourth-order valence-electron chi connectivity index (χ4n) is 2.42. The smallest absolute Gasteiger partial charge is 0.395 e. The number of aliphatic carboxylic acids is 1. The number of aryl methyl sites for hydroxylation is 1. The van der Waals surface area contributed by atoms with Crippen molar-refractivity contribution in [1.82, 2.24) is 0 Å². The molecule has 0 bridgehead atoms. The number of carbonyl (C=O) groups is 1. The van der Waals surface area contributed by atoms with Crippen molar-refractivity contribution in [3.05, 3.63) is 21.9 Å². The summed E-state index contributed by atoms with van der Waals surface area (Å²) in [4.78, 5) is 11.7. The summed E-state index contributed by atoms with van der Waals surface area (Å²) in [7, 11) is 0. The lowest BCUT2D eigenvalue weighted by Crippen LogP contribution is -2.32. The number of hydrogen-bond donors (Lipinski definition) is 1. The number of carboxylic acid groups (broad SMARTS) is 1. The van der Waals surface area contributed by atoms with Gasteiger partial charge in [0.2, 0.25) is 0 Å². The zero-order chi connectivity index (χ0) is 13.6. The first-order valence-electron chi connectivity index (χ1n) is 5.60. The molecule has 1 aromatic heterocycles. The van der Waals surface area contributed by atoms with E-state index in [-0.39, 0.29) is 12.8 Å². The van der Waals surface area contributed by atoms with E-state index in [1.165, 1.54) is 11.3 Å². The van der Waals surface area contributed by atoms with E-state index < -0.39 is 29.9 Å². The summed E-state index contributed by atoms with van der Waals surface area (Å²) in [6.45, 7) is 1.80. The van der Waals surface area contributed by atoms with Crippen LogP contribution in [0.1, 0.15) is 35.6 Å². The normalized spacial score (nSPS) is 19.6. The van der Waals surface area contributed by atoms with E-state index in [4.69, 9.17) is 5.11 Å². The van der Waals surface area contributed by atoms with Crippen LogP contribution in [0.15, 0.2) is 11.4 Å². The molecule has 1 atom stereocenters. The van der Waals surface area contributed by atoms with Crippen LogP contribution >= 0.6 is 11.3 Å². The molecule has 0 spiro atoms. The van der Waals surface area contributed by atoms with Crippen molar-refractivity contribution in [2.75, 3.05) is 0 Å². The third kappa shape index (κ3) is 2.25. The van der Waals surface area contributed by atoms with Crippen molar-refractivity contribution in [2.45, 2.75) is 38.3 Å². The molecule has 0 amide bonds. The lowest BCUT2D eigenvalue weighted by atomic mass is 9.81. The third-order valence-electron chi connectivity index (χ3n) is 3.55. The Balaban J connectivity index is 2.35. The lowest BCUT2D eigenvalue weighted by Gasteiger charge is -2.27. The molecule has 6 heteroatoms. The van der Waals surface area contributed by atoms with Gasteiger partial charge in [-0.05, 0) is 36.8 Å². The Bertz CT molecular complexity index is 460. The van der Waals surface area contributed by atoms with Crippen molar-refractivity contribution < 1.29 is 23.1 Å². The highest BCUT2D eigenvalue weighted by molar-refractivity contribution is 7.10. The second-order valence-corrected chi connectivity index (χ2v) is 5.91. The largest absolute Gasteiger partial charge is 0.481 e. The molecule has 0 saturated heterocycles. The van der Waals surface area contributed by atoms with Gasteiger partial charge in [0.15, 0.2) is 0 Å². The van der Waals surface area contributed by atoms with Gasteiger partial charge in [-0.3, -0.25) is 4.79 Å². The molecule has 1 heterocycles. The van der Waals surface area contributed by atoms with Gasteiger partial charge in [0, 0.05) is 10.8 Å². The molecule has 2 nitrogen and oxygen atoms in total. The molecular formula is C12H13F3O2S. The van der Waals surface area contributed by atoms with E-state index in [1.807, 2.05) is 0 Å². The zero-order valence-electron chi connectivity index (χ0n) is 9.75. The Kier molecular flexibility index (Phi) is 3.17. The fourth-order valence-corrected chi connectivity index (χ4v) is 3.18. The molecule has 1 saturated carbocycles. The van der Waals surface area contributed by atoms with Crippen LogP contribution in [0.3, 0.4) is 0 Å². The molecule has 1 aromatic rings. The van der Waals surface area contributed by atoms with Crippen molar-refractivity contribution in [3.8, 4) is 0 Å². The van der Waals surface area contributed by atoms with E-state index in [0.717, 1.165) is 4.88 Å². The number of thiophene rings is 1. The molecule has 2 rings (SSSR count). The number of hydrogen-bond acceptors (Lipinski definition) is 2. The molecule has 0 aromatic carbocycles. The quantitative estimate of drug-likeness (QED) is 0.905. The topological polar surface area (TPSA) is 37.3 Å². The van der Waals surface area contributed by atoms with Crippen molar-refractivity contribution in [2.24, 2.45) is 5.41 Å². The monoisotopic (exact) mass is 278 g/mol. The van der Waals surface area contributed by atoms with Gasteiger partial charge in [-0.15, -0.1) is 11.3 Å². The lowest BCUT2D eigenvalue weighted by molar-refractivity contribution is -0.195. The summed E-state index contributed by atoms with van der Waals surface area (Å²) < 4.78 is 39.3. The van der Waals surface area contributed by atoms with Crippen LogP contribution < -0.4 is 0 Å². The SMILES string of the molecule is Cc1cc([C@@H](CC(=O)O)C2(C(F)(F)F)CC2)cs1. The highest BCUT2D eigenvalue weighted by Gasteiger charge is 2.67. The maximum atomic E-state index is 13.1. The summed E-state index contributed by atoms with van der Waals surface area (Å²) in [5.74, 6) is -2.14. The van der Waals surface area contributed by atoms with Gasteiger partial charge in [-0.1, -0.05) is 0 Å². The van der Waals surface area contributed by atoms with Crippen LogP contribution in [-0.4, -0.2) is 17.3 Å². The molecular weight excluding hydrogens is 265 g/mol. The predicted molar refractivity (Wildman–Crippen MR) is 61.8 cm³/mol. The van der Waals surface area contributed by atoms with Gasteiger partial charge in [0.05, 0.1) is 11.8 Å². The first-order valence-corrected chi connectivity index (χ1v) is 6.48.